The number of hydrogen-bond acceptors (Lipinski definition) is 4. The van der Waals surface area contributed by atoms with Crippen LogP contribution in [0.15, 0.2) is 72.9 Å². The van der Waals surface area contributed by atoms with Crippen molar-refractivity contribution in [2.75, 3.05) is 0 Å². The fourth-order valence-electron chi connectivity index (χ4n) is 3.69. The molecule has 3 heterocycles. The molecule has 160 valence electrons. The summed E-state index contributed by atoms with van der Waals surface area (Å²) in [5.74, 6) is 0. The van der Waals surface area contributed by atoms with Crippen LogP contribution in [0.3, 0.4) is 0 Å². The number of para-hydroxylation sites is 2. The molecule has 2 aromatic carbocycles. The van der Waals surface area contributed by atoms with Gasteiger partial charge in [0.15, 0.2) is 0 Å². The third-order valence-electron chi connectivity index (χ3n) is 5.33. The predicted octanol–water partition coefficient (Wildman–Crippen LogP) is 4.94. The zero-order valence-corrected chi connectivity index (χ0v) is 19.6. The molecule has 0 N–H and O–H groups in total. The van der Waals surface area contributed by atoms with Gasteiger partial charge in [0.25, 0.3) is 0 Å². The number of fused-ring (bicyclic) bond motifs is 1. The summed E-state index contributed by atoms with van der Waals surface area (Å²) >= 11 is 0. The Balaban J connectivity index is 0.00000245. The van der Waals surface area contributed by atoms with Gasteiger partial charge >= 0.3 is 21.1 Å². The molecule has 32 heavy (non-hydrogen) atoms. The molecule has 0 bridgehead atoms. The Morgan fingerprint density at radius 1 is 0.969 bits per heavy atom. The van der Waals surface area contributed by atoms with Gasteiger partial charge in [-0.05, 0) is 43.6 Å². The van der Waals surface area contributed by atoms with Crippen molar-refractivity contribution in [1.82, 2.24) is 24.7 Å². The molecular weight excluding hydrogens is 584 g/mol. The van der Waals surface area contributed by atoms with Crippen molar-refractivity contribution < 1.29 is 25.5 Å². The Hall–Kier alpha value is -3.24. The zero-order chi connectivity index (χ0) is 21.4. The van der Waals surface area contributed by atoms with Crippen LogP contribution in [0.4, 0.5) is 4.39 Å². The van der Waals surface area contributed by atoms with E-state index in [9.17, 15) is 4.39 Å². The standard InChI is InChI=1S/C25H18FN5.Pt/c1-25(2,22-14-8-12-20(29-22)17-15-27-24(26)28-16-17)23-19-11-6-7-13-21(19)31(30-23)18-9-4-3-5-10-18;/h3-9,11-15H,1-2H3;/q-2;+2. The van der Waals surface area contributed by atoms with Crippen molar-refractivity contribution in [3.63, 3.8) is 0 Å². The smallest absolute Gasteiger partial charge is 0.309 e. The average Bonchev–Trinajstić information content (AvgIpc) is 3.21. The predicted molar refractivity (Wildman–Crippen MR) is 116 cm³/mol. The van der Waals surface area contributed by atoms with E-state index in [0.29, 0.717) is 11.3 Å². The maximum Gasteiger partial charge on any atom is 2.00 e. The maximum absolute atomic E-state index is 13.1. The van der Waals surface area contributed by atoms with E-state index in [2.05, 4.69) is 48.2 Å². The summed E-state index contributed by atoms with van der Waals surface area (Å²) in [5, 5.41) is 6.03. The van der Waals surface area contributed by atoms with Crippen LogP contribution in [0.2, 0.25) is 0 Å². The van der Waals surface area contributed by atoms with Crippen molar-refractivity contribution in [1.29, 1.82) is 0 Å². The van der Waals surface area contributed by atoms with Crippen LogP contribution in [0.5, 0.6) is 0 Å². The van der Waals surface area contributed by atoms with E-state index in [-0.39, 0.29) is 21.1 Å². The Morgan fingerprint density at radius 2 is 1.78 bits per heavy atom. The van der Waals surface area contributed by atoms with E-state index in [1.807, 2.05) is 59.3 Å². The minimum absolute atomic E-state index is 0. The summed E-state index contributed by atoms with van der Waals surface area (Å²) in [5.41, 5.74) is 4.28. The van der Waals surface area contributed by atoms with Crippen LogP contribution in [0.25, 0.3) is 27.8 Å². The fraction of sp³-hybridized carbons (Fsp3) is 0.120. The first-order valence-corrected chi connectivity index (χ1v) is 9.87. The molecule has 0 atom stereocenters. The quantitative estimate of drug-likeness (QED) is 0.216. The third-order valence-corrected chi connectivity index (χ3v) is 5.33. The molecule has 0 spiro atoms. The fourth-order valence-corrected chi connectivity index (χ4v) is 3.69. The van der Waals surface area contributed by atoms with Gasteiger partial charge in [0.2, 0.25) is 6.08 Å². The molecule has 5 rings (SSSR count). The topological polar surface area (TPSA) is 56.5 Å². The van der Waals surface area contributed by atoms with Crippen molar-refractivity contribution in [3.8, 4) is 16.9 Å². The van der Waals surface area contributed by atoms with Crippen LogP contribution < -0.4 is 0 Å². The summed E-state index contributed by atoms with van der Waals surface area (Å²) in [6.07, 6.45) is 3.23. The summed E-state index contributed by atoms with van der Waals surface area (Å²) in [7, 11) is 0. The Bertz CT molecular complexity index is 1360. The molecular formula is C25H18FN5Pt. The molecule has 5 nitrogen and oxygen atoms in total. The third kappa shape index (κ3) is 3.87. The van der Waals surface area contributed by atoms with Gasteiger partial charge in [0.1, 0.15) is 0 Å². The summed E-state index contributed by atoms with van der Waals surface area (Å²) in [6.45, 7) is 4.19. The molecule has 0 saturated carbocycles. The van der Waals surface area contributed by atoms with E-state index in [0.717, 1.165) is 28.0 Å². The average molecular weight is 603 g/mol. The van der Waals surface area contributed by atoms with E-state index in [4.69, 9.17) is 10.1 Å². The van der Waals surface area contributed by atoms with Crippen molar-refractivity contribution in [2.24, 2.45) is 0 Å². The number of benzene rings is 2. The number of nitrogens with zero attached hydrogens (tertiary/aromatic N) is 5. The van der Waals surface area contributed by atoms with Gasteiger partial charge in [-0.25, -0.2) is 4.39 Å². The second-order valence-electron chi connectivity index (χ2n) is 7.72. The van der Waals surface area contributed by atoms with Crippen LogP contribution in [-0.4, -0.2) is 24.7 Å². The first kappa shape index (κ1) is 22.0. The number of pyridine rings is 1. The second kappa shape index (κ2) is 8.71. The molecule has 0 aliphatic rings. The first-order chi connectivity index (χ1) is 15.0. The number of rotatable bonds is 4. The monoisotopic (exact) mass is 602 g/mol. The molecule has 5 aromatic rings. The van der Waals surface area contributed by atoms with E-state index in [1.165, 1.54) is 6.20 Å². The number of halogens is 1. The normalized spacial score (nSPS) is 11.3. The van der Waals surface area contributed by atoms with Crippen LogP contribution in [0, 0.1) is 18.3 Å². The van der Waals surface area contributed by atoms with E-state index in [1.54, 1.807) is 0 Å². The first-order valence-electron chi connectivity index (χ1n) is 9.87. The molecule has 0 aliphatic carbocycles. The van der Waals surface area contributed by atoms with Gasteiger partial charge in [0, 0.05) is 11.1 Å². The summed E-state index contributed by atoms with van der Waals surface area (Å²) in [6, 6.07) is 24.9. The minimum Gasteiger partial charge on any atom is -0.309 e. The van der Waals surface area contributed by atoms with Crippen LogP contribution >= 0.6 is 0 Å². The van der Waals surface area contributed by atoms with Crippen molar-refractivity contribution >= 4 is 10.9 Å². The van der Waals surface area contributed by atoms with Gasteiger partial charge in [-0.1, -0.05) is 42.1 Å². The number of aromatic nitrogens is 5. The molecule has 0 saturated heterocycles. The Kier molecular flexibility index (Phi) is 5.98. The molecule has 3 aromatic heterocycles. The summed E-state index contributed by atoms with van der Waals surface area (Å²) in [4.78, 5) is 12.0. The van der Waals surface area contributed by atoms with Gasteiger partial charge < -0.3 is 15.0 Å². The molecule has 0 radical (unpaired) electrons. The number of hydrogen-bond donors (Lipinski definition) is 0. The second-order valence-corrected chi connectivity index (χ2v) is 7.72. The zero-order valence-electron chi connectivity index (χ0n) is 17.4. The Morgan fingerprint density at radius 3 is 2.53 bits per heavy atom. The van der Waals surface area contributed by atoms with E-state index >= 15 is 0 Å². The molecule has 0 unspecified atom stereocenters. The van der Waals surface area contributed by atoms with Gasteiger partial charge in [-0.2, -0.15) is 29.4 Å². The summed E-state index contributed by atoms with van der Waals surface area (Å²) < 4.78 is 15.0. The molecule has 0 aliphatic heterocycles. The maximum atomic E-state index is 13.1. The molecule has 7 heteroatoms. The van der Waals surface area contributed by atoms with Crippen molar-refractivity contribution in [3.05, 3.63) is 103 Å². The van der Waals surface area contributed by atoms with Gasteiger partial charge in [0.05, 0.1) is 16.6 Å². The van der Waals surface area contributed by atoms with Crippen LogP contribution in [-0.2, 0) is 26.5 Å². The molecule has 0 fully saturated rings. The largest absolute Gasteiger partial charge is 2.00 e. The van der Waals surface area contributed by atoms with Gasteiger partial charge in [-0.15, -0.1) is 6.07 Å². The van der Waals surface area contributed by atoms with Crippen LogP contribution in [0.1, 0.15) is 25.2 Å². The van der Waals surface area contributed by atoms with E-state index < -0.39 is 11.5 Å². The van der Waals surface area contributed by atoms with Crippen molar-refractivity contribution in [2.45, 2.75) is 19.3 Å². The van der Waals surface area contributed by atoms with Gasteiger partial charge in [-0.3, -0.25) is 4.68 Å². The Labute approximate surface area is 199 Å². The SMILES string of the molecule is CC(C)(c1cccc(-c2[c-]nc(F)nc2)n1)c1nn(-c2[c-]cccc2)c2ccccc12.[Pt+2]. The minimum atomic E-state index is -0.810. The molecule has 0 amide bonds.